The maximum Gasteiger partial charge on any atom is 0.135 e. The molecule has 0 saturated heterocycles. The first kappa shape index (κ1) is 9.85. The average molecular weight is 220 g/mol. The highest BCUT2D eigenvalue weighted by Gasteiger charge is 2.08. The van der Waals surface area contributed by atoms with Crippen LogP contribution in [0, 0.1) is 6.07 Å². The second-order valence-electron chi connectivity index (χ2n) is 3.67. The number of hydrogen-bond donors (Lipinski definition) is 0. The van der Waals surface area contributed by atoms with E-state index in [9.17, 15) is 0 Å². The number of aromatic nitrogens is 1. The highest BCUT2D eigenvalue weighted by Crippen LogP contribution is 2.31. The van der Waals surface area contributed by atoms with Gasteiger partial charge in [-0.3, -0.25) is 4.98 Å². The van der Waals surface area contributed by atoms with Gasteiger partial charge in [-0.2, -0.15) is 0 Å². The van der Waals surface area contributed by atoms with Crippen LogP contribution in [0.3, 0.4) is 0 Å². The Labute approximate surface area is 99.6 Å². The van der Waals surface area contributed by atoms with Crippen molar-refractivity contribution in [1.82, 2.24) is 4.98 Å². The van der Waals surface area contributed by atoms with Crippen molar-refractivity contribution in [1.29, 1.82) is 0 Å². The van der Waals surface area contributed by atoms with Crippen LogP contribution in [0.4, 0.5) is 0 Å². The van der Waals surface area contributed by atoms with Gasteiger partial charge in [0, 0.05) is 18.0 Å². The summed E-state index contributed by atoms with van der Waals surface area (Å²) in [6.07, 6.45) is 5.25. The normalized spacial score (nSPS) is 10.4. The van der Waals surface area contributed by atoms with Crippen molar-refractivity contribution in [3.8, 4) is 22.5 Å². The molecule has 0 bridgehead atoms. The Morgan fingerprint density at radius 2 is 1.88 bits per heavy atom. The molecule has 0 atom stereocenters. The molecule has 1 radical (unpaired) electrons. The summed E-state index contributed by atoms with van der Waals surface area (Å²) in [5.74, 6) is 0.831. The summed E-state index contributed by atoms with van der Waals surface area (Å²) in [6, 6.07) is 16.9. The van der Waals surface area contributed by atoms with Gasteiger partial charge in [0.1, 0.15) is 5.76 Å². The zero-order chi connectivity index (χ0) is 11.5. The molecule has 2 heterocycles. The number of furan rings is 1. The summed E-state index contributed by atoms with van der Waals surface area (Å²) in [4.78, 5) is 4.03. The van der Waals surface area contributed by atoms with E-state index in [-0.39, 0.29) is 0 Å². The van der Waals surface area contributed by atoms with Crippen LogP contribution in [0.2, 0.25) is 0 Å². The van der Waals surface area contributed by atoms with E-state index in [0.29, 0.717) is 0 Å². The Morgan fingerprint density at radius 1 is 1.00 bits per heavy atom. The molecule has 2 nitrogen and oxygen atoms in total. The molecule has 2 heteroatoms. The van der Waals surface area contributed by atoms with E-state index >= 15 is 0 Å². The van der Waals surface area contributed by atoms with E-state index < -0.39 is 0 Å². The molecular formula is C15H10NO. The van der Waals surface area contributed by atoms with Crippen LogP contribution < -0.4 is 0 Å². The van der Waals surface area contributed by atoms with Crippen molar-refractivity contribution in [2.75, 3.05) is 0 Å². The van der Waals surface area contributed by atoms with E-state index in [1.807, 2.05) is 36.4 Å². The van der Waals surface area contributed by atoms with Gasteiger partial charge in [-0.1, -0.05) is 18.2 Å². The van der Waals surface area contributed by atoms with E-state index in [4.69, 9.17) is 4.42 Å². The van der Waals surface area contributed by atoms with Crippen LogP contribution in [-0.2, 0) is 0 Å². The van der Waals surface area contributed by atoms with Crippen LogP contribution in [-0.4, -0.2) is 4.98 Å². The average Bonchev–Trinajstić information content (AvgIpc) is 2.94. The Morgan fingerprint density at radius 3 is 2.65 bits per heavy atom. The standard InChI is InChI=1S/C15H10NO/c1-2-5-14(15-6-3-11-17-15)13(4-1)12-7-9-16-10-8-12/h1-4,6-11H. The fourth-order valence-corrected chi connectivity index (χ4v) is 1.83. The molecule has 2 aromatic heterocycles. The molecule has 0 spiro atoms. The van der Waals surface area contributed by atoms with Crippen molar-refractivity contribution in [2.24, 2.45) is 0 Å². The summed E-state index contributed by atoms with van der Waals surface area (Å²) < 4.78 is 5.43. The lowest BCUT2D eigenvalue weighted by atomic mass is 9.99. The van der Waals surface area contributed by atoms with E-state index in [1.165, 1.54) is 0 Å². The molecule has 0 saturated carbocycles. The molecule has 3 aromatic rings. The van der Waals surface area contributed by atoms with Gasteiger partial charge in [0.15, 0.2) is 0 Å². The van der Waals surface area contributed by atoms with E-state index in [2.05, 4.69) is 17.1 Å². The fourth-order valence-electron chi connectivity index (χ4n) is 1.83. The molecule has 17 heavy (non-hydrogen) atoms. The second kappa shape index (κ2) is 4.26. The third kappa shape index (κ3) is 1.85. The maximum atomic E-state index is 5.43. The molecule has 1 aromatic carbocycles. The Bertz CT molecular complexity index is 600. The zero-order valence-electron chi connectivity index (χ0n) is 9.13. The van der Waals surface area contributed by atoms with Crippen LogP contribution in [0.5, 0.6) is 0 Å². The first-order valence-corrected chi connectivity index (χ1v) is 5.40. The highest BCUT2D eigenvalue weighted by molar-refractivity contribution is 5.80. The smallest absolute Gasteiger partial charge is 0.135 e. The van der Waals surface area contributed by atoms with Crippen molar-refractivity contribution in [3.05, 3.63) is 67.2 Å². The number of rotatable bonds is 2. The minimum absolute atomic E-state index is 0.831. The Balaban J connectivity index is 2.18. The second-order valence-corrected chi connectivity index (χ2v) is 3.67. The molecule has 0 unspecified atom stereocenters. The predicted molar refractivity (Wildman–Crippen MR) is 66.2 cm³/mol. The first-order valence-electron chi connectivity index (χ1n) is 5.40. The summed E-state index contributed by atoms with van der Waals surface area (Å²) in [7, 11) is 0. The SMILES string of the molecule is [c]1cccc(-c2ccncc2)c1-c1ccco1. The number of nitrogens with zero attached hydrogens (tertiary/aromatic N) is 1. The third-order valence-electron chi connectivity index (χ3n) is 2.62. The Kier molecular flexibility index (Phi) is 2.47. The summed E-state index contributed by atoms with van der Waals surface area (Å²) in [6.45, 7) is 0. The van der Waals surface area contributed by atoms with E-state index in [1.54, 1.807) is 18.7 Å². The summed E-state index contributed by atoms with van der Waals surface area (Å²) >= 11 is 0. The third-order valence-corrected chi connectivity index (χ3v) is 2.62. The van der Waals surface area contributed by atoms with Crippen molar-refractivity contribution >= 4 is 0 Å². The topological polar surface area (TPSA) is 26.0 Å². The van der Waals surface area contributed by atoms with Crippen LogP contribution in [0.15, 0.2) is 65.5 Å². The fraction of sp³-hybridized carbons (Fsp3) is 0. The largest absolute Gasteiger partial charge is 0.464 e. The number of pyridine rings is 1. The van der Waals surface area contributed by atoms with Crippen LogP contribution >= 0.6 is 0 Å². The molecule has 0 N–H and O–H groups in total. The van der Waals surface area contributed by atoms with Gasteiger partial charge in [0.05, 0.1) is 6.26 Å². The molecule has 0 aliphatic rings. The predicted octanol–water partition coefficient (Wildman–Crippen LogP) is 3.81. The van der Waals surface area contributed by atoms with Gasteiger partial charge in [-0.25, -0.2) is 0 Å². The monoisotopic (exact) mass is 220 g/mol. The van der Waals surface area contributed by atoms with Gasteiger partial charge in [-0.15, -0.1) is 0 Å². The van der Waals surface area contributed by atoms with Crippen molar-refractivity contribution < 1.29 is 4.42 Å². The lowest BCUT2D eigenvalue weighted by Crippen LogP contribution is -1.83. The molecule has 81 valence electrons. The molecule has 0 fully saturated rings. The molecule has 0 aliphatic carbocycles. The van der Waals surface area contributed by atoms with Crippen molar-refractivity contribution in [3.63, 3.8) is 0 Å². The van der Waals surface area contributed by atoms with Crippen molar-refractivity contribution in [2.45, 2.75) is 0 Å². The number of hydrogen-bond acceptors (Lipinski definition) is 2. The van der Waals surface area contributed by atoms with Gasteiger partial charge < -0.3 is 4.42 Å². The van der Waals surface area contributed by atoms with Gasteiger partial charge in [0.2, 0.25) is 0 Å². The molecule has 0 aliphatic heterocycles. The van der Waals surface area contributed by atoms with Gasteiger partial charge >= 0.3 is 0 Å². The molecule has 3 rings (SSSR count). The van der Waals surface area contributed by atoms with Crippen LogP contribution in [0.25, 0.3) is 22.5 Å². The summed E-state index contributed by atoms with van der Waals surface area (Å²) in [5.41, 5.74) is 3.19. The lowest BCUT2D eigenvalue weighted by Gasteiger charge is -2.06. The first-order chi connectivity index (χ1) is 8.45. The highest BCUT2D eigenvalue weighted by atomic mass is 16.3. The quantitative estimate of drug-likeness (QED) is 0.656. The lowest BCUT2D eigenvalue weighted by molar-refractivity contribution is 0.582. The minimum atomic E-state index is 0.831. The van der Waals surface area contributed by atoms with Gasteiger partial charge in [0.25, 0.3) is 0 Å². The van der Waals surface area contributed by atoms with E-state index in [0.717, 1.165) is 22.5 Å². The molecular weight excluding hydrogens is 210 g/mol. The number of benzene rings is 1. The van der Waals surface area contributed by atoms with Gasteiger partial charge in [-0.05, 0) is 41.5 Å². The summed E-state index contributed by atoms with van der Waals surface area (Å²) in [5, 5.41) is 0. The van der Waals surface area contributed by atoms with Crippen LogP contribution in [0.1, 0.15) is 0 Å². The maximum absolute atomic E-state index is 5.43. The Hall–Kier alpha value is -2.35. The molecule has 0 amide bonds. The minimum Gasteiger partial charge on any atom is -0.464 e. The zero-order valence-corrected chi connectivity index (χ0v) is 9.13.